The Kier molecular flexibility index (Phi) is 3.84. The number of hydrogen-bond donors (Lipinski definition) is 2. The lowest BCUT2D eigenvalue weighted by Crippen LogP contribution is -2.12. The molecule has 0 bridgehead atoms. The highest BCUT2D eigenvalue weighted by Crippen LogP contribution is 2.21. The fraction of sp³-hybridized carbons (Fsp3) is 0.444. The normalized spacial score (nSPS) is 9.53. The molecule has 0 unspecified atom stereocenters. The van der Waals surface area contributed by atoms with Crippen molar-refractivity contribution in [1.82, 2.24) is 9.97 Å². The molecule has 1 heterocycles. The van der Waals surface area contributed by atoms with E-state index in [-0.39, 0.29) is 5.69 Å². The van der Waals surface area contributed by atoms with Crippen molar-refractivity contribution in [3.8, 4) is 0 Å². The average Bonchev–Trinajstić information content (AvgIpc) is 2.28. The lowest BCUT2D eigenvalue weighted by Gasteiger charge is -2.10. The fourth-order valence-corrected chi connectivity index (χ4v) is 1.17. The molecule has 1 aromatic heterocycles. The third-order valence-corrected chi connectivity index (χ3v) is 1.80. The van der Waals surface area contributed by atoms with Gasteiger partial charge in [-0.15, -0.1) is 0 Å². The Morgan fingerprint density at radius 1 is 1.40 bits per heavy atom. The van der Waals surface area contributed by atoms with E-state index in [1.165, 1.54) is 6.33 Å². The van der Waals surface area contributed by atoms with Crippen LogP contribution in [0.25, 0.3) is 0 Å². The molecule has 0 aromatic carbocycles. The Morgan fingerprint density at radius 2 is 2.13 bits per heavy atom. The Labute approximate surface area is 88.1 Å². The van der Waals surface area contributed by atoms with Gasteiger partial charge in [0, 0.05) is 14.1 Å². The van der Waals surface area contributed by atoms with E-state index in [0.717, 1.165) is 0 Å². The van der Waals surface area contributed by atoms with E-state index in [1.807, 2.05) is 0 Å². The van der Waals surface area contributed by atoms with Gasteiger partial charge in [0.05, 0.1) is 6.61 Å². The van der Waals surface area contributed by atoms with Gasteiger partial charge in [-0.2, -0.15) is 0 Å². The average molecular weight is 210 g/mol. The van der Waals surface area contributed by atoms with Gasteiger partial charge in [0.1, 0.15) is 12.0 Å². The van der Waals surface area contributed by atoms with Crippen LogP contribution in [-0.4, -0.2) is 36.6 Å². The Hall–Kier alpha value is -1.85. The van der Waals surface area contributed by atoms with Crippen molar-refractivity contribution in [3.63, 3.8) is 0 Å². The maximum absolute atomic E-state index is 11.5. The third-order valence-electron chi connectivity index (χ3n) is 1.80. The van der Waals surface area contributed by atoms with Crippen molar-refractivity contribution in [3.05, 3.63) is 12.0 Å². The molecule has 1 aromatic rings. The van der Waals surface area contributed by atoms with Crippen LogP contribution in [-0.2, 0) is 4.74 Å². The standard InChI is InChI=1S/C9H14N4O2/c1-4-15-9(14)7-6(10-2)8(11-3)13-5-12-7/h5,10H,4H2,1-3H3,(H,11,12,13). The number of nitrogens with one attached hydrogen (secondary N) is 2. The minimum Gasteiger partial charge on any atom is -0.461 e. The molecule has 0 aliphatic carbocycles. The quantitative estimate of drug-likeness (QED) is 0.714. The summed E-state index contributed by atoms with van der Waals surface area (Å²) in [5.74, 6) is 0.108. The summed E-state index contributed by atoms with van der Waals surface area (Å²) in [6.45, 7) is 2.07. The van der Waals surface area contributed by atoms with E-state index < -0.39 is 5.97 Å². The summed E-state index contributed by atoms with van der Waals surface area (Å²) in [5.41, 5.74) is 0.775. The first kappa shape index (κ1) is 11.2. The second kappa shape index (κ2) is 5.14. The van der Waals surface area contributed by atoms with Crippen LogP contribution in [0.5, 0.6) is 0 Å². The molecule has 0 spiro atoms. The molecule has 0 saturated heterocycles. The largest absolute Gasteiger partial charge is 0.461 e. The third kappa shape index (κ3) is 2.34. The van der Waals surface area contributed by atoms with Gasteiger partial charge in [-0.1, -0.05) is 0 Å². The Balaban J connectivity index is 3.11. The van der Waals surface area contributed by atoms with Crippen molar-refractivity contribution in [2.75, 3.05) is 31.3 Å². The van der Waals surface area contributed by atoms with Crippen LogP contribution in [0.1, 0.15) is 17.4 Å². The number of carbonyl (C=O) groups excluding carboxylic acids is 1. The molecule has 0 radical (unpaired) electrons. The number of esters is 1. The van der Waals surface area contributed by atoms with E-state index >= 15 is 0 Å². The van der Waals surface area contributed by atoms with Gasteiger partial charge >= 0.3 is 5.97 Å². The summed E-state index contributed by atoms with van der Waals surface area (Å²) in [5, 5.41) is 5.73. The van der Waals surface area contributed by atoms with Gasteiger partial charge in [-0.3, -0.25) is 0 Å². The summed E-state index contributed by atoms with van der Waals surface area (Å²) in [6.07, 6.45) is 1.32. The zero-order valence-electron chi connectivity index (χ0n) is 9.00. The molecular formula is C9H14N4O2. The minimum atomic E-state index is -0.458. The monoisotopic (exact) mass is 210 g/mol. The van der Waals surface area contributed by atoms with Crippen LogP contribution in [0.2, 0.25) is 0 Å². The molecule has 0 fully saturated rings. The number of hydrogen-bond acceptors (Lipinski definition) is 6. The second-order valence-corrected chi connectivity index (χ2v) is 2.67. The number of ether oxygens (including phenoxy) is 1. The maximum atomic E-state index is 11.5. The van der Waals surface area contributed by atoms with E-state index in [1.54, 1.807) is 21.0 Å². The SMILES string of the molecule is CCOC(=O)c1ncnc(NC)c1NC. The first-order valence-electron chi connectivity index (χ1n) is 4.62. The van der Waals surface area contributed by atoms with Crippen molar-refractivity contribution >= 4 is 17.5 Å². The van der Waals surface area contributed by atoms with Crippen molar-refractivity contribution in [2.45, 2.75) is 6.92 Å². The molecule has 0 amide bonds. The highest BCUT2D eigenvalue weighted by molar-refractivity contribution is 5.96. The molecule has 1 rings (SSSR count). The molecule has 6 nitrogen and oxygen atoms in total. The predicted octanol–water partition coefficient (Wildman–Crippen LogP) is 0.737. The van der Waals surface area contributed by atoms with Crippen LogP contribution in [0.4, 0.5) is 11.5 Å². The summed E-state index contributed by atoms with van der Waals surface area (Å²) in [6, 6.07) is 0. The topological polar surface area (TPSA) is 76.1 Å². The van der Waals surface area contributed by atoms with Gasteiger partial charge in [0.15, 0.2) is 11.5 Å². The molecule has 0 aliphatic heterocycles. The van der Waals surface area contributed by atoms with Gasteiger partial charge in [0.2, 0.25) is 0 Å². The fourth-order valence-electron chi connectivity index (χ4n) is 1.17. The number of aromatic nitrogens is 2. The molecule has 2 N–H and O–H groups in total. The maximum Gasteiger partial charge on any atom is 0.359 e. The van der Waals surface area contributed by atoms with Crippen molar-refractivity contribution in [1.29, 1.82) is 0 Å². The molecule has 82 valence electrons. The van der Waals surface area contributed by atoms with E-state index in [2.05, 4.69) is 20.6 Å². The number of carbonyl (C=O) groups is 1. The lowest BCUT2D eigenvalue weighted by molar-refractivity contribution is 0.0520. The summed E-state index contributed by atoms with van der Waals surface area (Å²) < 4.78 is 4.87. The van der Waals surface area contributed by atoms with Crippen molar-refractivity contribution < 1.29 is 9.53 Å². The van der Waals surface area contributed by atoms with Crippen LogP contribution in [0.3, 0.4) is 0 Å². The molecule has 0 aliphatic rings. The molecule has 6 heteroatoms. The summed E-state index contributed by atoms with van der Waals surface area (Å²) >= 11 is 0. The van der Waals surface area contributed by atoms with Crippen LogP contribution in [0, 0.1) is 0 Å². The van der Waals surface area contributed by atoms with E-state index in [4.69, 9.17) is 4.74 Å². The molecule has 15 heavy (non-hydrogen) atoms. The summed E-state index contributed by atoms with van der Waals surface area (Å²) in [7, 11) is 3.42. The molecular weight excluding hydrogens is 196 g/mol. The second-order valence-electron chi connectivity index (χ2n) is 2.67. The van der Waals surface area contributed by atoms with E-state index in [0.29, 0.717) is 18.1 Å². The highest BCUT2D eigenvalue weighted by Gasteiger charge is 2.16. The first-order valence-corrected chi connectivity index (χ1v) is 4.62. The Morgan fingerprint density at radius 3 is 2.67 bits per heavy atom. The van der Waals surface area contributed by atoms with Gasteiger partial charge in [0.25, 0.3) is 0 Å². The number of rotatable bonds is 4. The first-order chi connectivity index (χ1) is 7.24. The minimum absolute atomic E-state index is 0.235. The number of nitrogens with zero attached hydrogens (tertiary/aromatic N) is 2. The van der Waals surface area contributed by atoms with Crippen LogP contribution >= 0.6 is 0 Å². The van der Waals surface area contributed by atoms with E-state index in [9.17, 15) is 4.79 Å². The summed E-state index contributed by atoms with van der Waals surface area (Å²) in [4.78, 5) is 19.4. The predicted molar refractivity (Wildman–Crippen MR) is 57.1 cm³/mol. The van der Waals surface area contributed by atoms with Gasteiger partial charge in [-0.25, -0.2) is 14.8 Å². The lowest BCUT2D eigenvalue weighted by atomic mass is 10.3. The van der Waals surface area contributed by atoms with Gasteiger partial charge < -0.3 is 15.4 Å². The van der Waals surface area contributed by atoms with Crippen LogP contribution < -0.4 is 10.6 Å². The zero-order valence-corrected chi connectivity index (χ0v) is 9.00. The van der Waals surface area contributed by atoms with Crippen LogP contribution in [0.15, 0.2) is 6.33 Å². The van der Waals surface area contributed by atoms with Crippen molar-refractivity contribution in [2.24, 2.45) is 0 Å². The zero-order chi connectivity index (χ0) is 11.3. The number of anilines is 2. The smallest absolute Gasteiger partial charge is 0.359 e. The Bertz CT molecular complexity index is 354. The van der Waals surface area contributed by atoms with Gasteiger partial charge in [-0.05, 0) is 6.92 Å². The molecule has 0 atom stereocenters. The highest BCUT2D eigenvalue weighted by atomic mass is 16.5. The molecule has 0 saturated carbocycles.